The van der Waals surface area contributed by atoms with Crippen molar-refractivity contribution in [1.82, 2.24) is 0 Å². The maximum atomic E-state index is 6.20. The molecule has 2 fully saturated rings. The topological polar surface area (TPSA) is 36.9 Å². The van der Waals surface area contributed by atoms with Gasteiger partial charge in [-0.05, 0) is 38.0 Å². The minimum absolute atomic E-state index is 0.0598. The summed E-state index contributed by atoms with van der Waals surface area (Å²) in [5.41, 5.74) is 0. The van der Waals surface area contributed by atoms with Gasteiger partial charge in [0.15, 0.2) is 12.6 Å². The zero-order valence-electron chi connectivity index (χ0n) is 16.3. The van der Waals surface area contributed by atoms with Gasteiger partial charge in [-0.3, -0.25) is 0 Å². The molecule has 0 bridgehead atoms. The van der Waals surface area contributed by atoms with Gasteiger partial charge in [0.2, 0.25) is 0 Å². The third kappa shape index (κ3) is 6.29. The fourth-order valence-electron chi connectivity index (χ4n) is 3.81. The molecule has 24 heavy (non-hydrogen) atoms. The first-order chi connectivity index (χ1) is 11.5. The molecule has 4 nitrogen and oxygen atoms in total. The average molecular weight is 343 g/mol. The SMILES string of the molecule is COC(OC1CCC(COC(OC2CCCC2)C(C)C)C1)C(C)C. The predicted octanol–water partition coefficient (Wildman–Crippen LogP) is 4.76. The third-order valence-electron chi connectivity index (χ3n) is 5.27. The minimum atomic E-state index is -0.0937. The first kappa shape index (κ1) is 20.2. The van der Waals surface area contributed by atoms with Gasteiger partial charge in [0.1, 0.15) is 0 Å². The van der Waals surface area contributed by atoms with Crippen molar-refractivity contribution in [3.63, 3.8) is 0 Å². The maximum Gasteiger partial charge on any atom is 0.160 e. The third-order valence-corrected chi connectivity index (χ3v) is 5.27. The quantitative estimate of drug-likeness (QED) is 0.537. The van der Waals surface area contributed by atoms with Crippen LogP contribution in [0, 0.1) is 17.8 Å². The van der Waals surface area contributed by atoms with Crippen molar-refractivity contribution < 1.29 is 18.9 Å². The highest BCUT2D eigenvalue weighted by atomic mass is 16.7. The summed E-state index contributed by atoms with van der Waals surface area (Å²) < 4.78 is 23.9. The standard InChI is InChI=1S/C20H38O4/c1-14(2)19(21-5)24-18-11-10-16(12-18)13-22-20(15(3)4)23-17-8-6-7-9-17/h14-20H,6-13H2,1-5H3. The molecule has 0 aromatic carbocycles. The van der Waals surface area contributed by atoms with Crippen LogP contribution in [0.25, 0.3) is 0 Å². The maximum absolute atomic E-state index is 6.20. The van der Waals surface area contributed by atoms with Crippen LogP contribution in [-0.2, 0) is 18.9 Å². The molecule has 4 unspecified atom stereocenters. The van der Waals surface area contributed by atoms with Crippen LogP contribution in [0.5, 0.6) is 0 Å². The Kier molecular flexibility index (Phi) is 8.48. The molecule has 0 N–H and O–H groups in total. The summed E-state index contributed by atoms with van der Waals surface area (Å²) in [6.07, 6.45) is 8.90. The summed E-state index contributed by atoms with van der Waals surface area (Å²) in [6.45, 7) is 9.43. The second kappa shape index (κ2) is 10.1. The fourth-order valence-corrected chi connectivity index (χ4v) is 3.81. The van der Waals surface area contributed by atoms with E-state index in [0.717, 1.165) is 19.4 Å². The zero-order valence-corrected chi connectivity index (χ0v) is 16.3. The second-order valence-corrected chi connectivity index (χ2v) is 8.27. The summed E-state index contributed by atoms with van der Waals surface area (Å²) >= 11 is 0. The number of ether oxygens (including phenoxy) is 4. The number of methoxy groups -OCH3 is 1. The van der Waals surface area contributed by atoms with E-state index >= 15 is 0 Å². The van der Waals surface area contributed by atoms with Gasteiger partial charge in [-0.1, -0.05) is 40.5 Å². The molecule has 2 rings (SSSR count). The van der Waals surface area contributed by atoms with Crippen LogP contribution in [0.3, 0.4) is 0 Å². The van der Waals surface area contributed by atoms with Gasteiger partial charge in [-0.15, -0.1) is 0 Å². The second-order valence-electron chi connectivity index (χ2n) is 8.27. The van der Waals surface area contributed by atoms with Gasteiger partial charge in [0.25, 0.3) is 0 Å². The smallest absolute Gasteiger partial charge is 0.160 e. The van der Waals surface area contributed by atoms with Gasteiger partial charge >= 0.3 is 0 Å². The van der Waals surface area contributed by atoms with Crippen LogP contribution in [-0.4, -0.2) is 38.5 Å². The van der Waals surface area contributed by atoms with Crippen molar-refractivity contribution >= 4 is 0 Å². The van der Waals surface area contributed by atoms with E-state index in [1.54, 1.807) is 7.11 Å². The minimum Gasteiger partial charge on any atom is -0.356 e. The molecule has 0 radical (unpaired) electrons. The van der Waals surface area contributed by atoms with Gasteiger partial charge in [-0.2, -0.15) is 0 Å². The summed E-state index contributed by atoms with van der Waals surface area (Å²) in [5, 5.41) is 0. The monoisotopic (exact) mass is 342 g/mol. The Morgan fingerprint density at radius 3 is 2.00 bits per heavy atom. The molecule has 0 saturated heterocycles. The summed E-state index contributed by atoms with van der Waals surface area (Å²) in [7, 11) is 1.73. The van der Waals surface area contributed by atoms with E-state index in [0.29, 0.717) is 30.0 Å². The van der Waals surface area contributed by atoms with Crippen LogP contribution < -0.4 is 0 Å². The van der Waals surface area contributed by atoms with Crippen LogP contribution in [0.2, 0.25) is 0 Å². The molecule has 0 amide bonds. The molecule has 2 aliphatic carbocycles. The van der Waals surface area contributed by atoms with Crippen molar-refractivity contribution in [2.24, 2.45) is 17.8 Å². The van der Waals surface area contributed by atoms with E-state index < -0.39 is 0 Å². The molecule has 142 valence electrons. The molecular formula is C20H38O4. The molecule has 2 aliphatic rings. The van der Waals surface area contributed by atoms with Crippen LogP contribution in [0.4, 0.5) is 0 Å². The zero-order chi connectivity index (χ0) is 17.5. The molecule has 4 atom stereocenters. The Bertz CT molecular complexity index is 339. The van der Waals surface area contributed by atoms with Crippen molar-refractivity contribution in [2.75, 3.05) is 13.7 Å². The van der Waals surface area contributed by atoms with Crippen molar-refractivity contribution in [1.29, 1.82) is 0 Å². The molecule has 0 heterocycles. The van der Waals surface area contributed by atoms with E-state index in [-0.39, 0.29) is 12.6 Å². The van der Waals surface area contributed by atoms with E-state index in [2.05, 4.69) is 27.7 Å². The molecular weight excluding hydrogens is 304 g/mol. The van der Waals surface area contributed by atoms with Gasteiger partial charge < -0.3 is 18.9 Å². The van der Waals surface area contributed by atoms with Crippen molar-refractivity contribution in [3.05, 3.63) is 0 Å². The van der Waals surface area contributed by atoms with Gasteiger partial charge in [-0.25, -0.2) is 0 Å². The number of hydrogen-bond acceptors (Lipinski definition) is 4. The van der Waals surface area contributed by atoms with Gasteiger partial charge in [0.05, 0.1) is 18.8 Å². The molecule has 0 aromatic rings. The molecule has 0 aromatic heterocycles. The highest BCUT2D eigenvalue weighted by Crippen LogP contribution is 2.31. The highest BCUT2D eigenvalue weighted by molar-refractivity contribution is 4.77. The lowest BCUT2D eigenvalue weighted by molar-refractivity contribution is -0.198. The van der Waals surface area contributed by atoms with E-state index in [1.165, 1.54) is 32.1 Å². The lowest BCUT2D eigenvalue weighted by atomic mass is 10.1. The van der Waals surface area contributed by atoms with E-state index in [9.17, 15) is 0 Å². The fraction of sp³-hybridized carbons (Fsp3) is 1.00. The average Bonchev–Trinajstić information content (AvgIpc) is 3.20. The highest BCUT2D eigenvalue weighted by Gasteiger charge is 2.30. The molecule has 2 saturated carbocycles. The normalized spacial score (nSPS) is 28.1. The molecule has 0 spiro atoms. The summed E-state index contributed by atoms with van der Waals surface area (Å²) in [6, 6.07) is 0. The molecule has 0 aliphatic heterocycles. The first-order valence-corrected chi connectivity index (χ1v) is 9.94. The number of rotatable bonds is 10. The Morgan fingerprint density at radius 2 is 1.42 bits per heavy atom. The largest absolute Gasteiger partial charge is 0.356 e. The van der Waals surface area contributed by atoms with Gasteiger partial charge in [0, 0.05) is 18.9 Å². The van der Waals surface area contributed by atoms with E-state index in [4.69, 9.17) is 18.9 Å². The Balaban J connectivity index is 1.71. The van der Waals surface area contributed by atoms with Crippen molar-refractivity contribution in [2.45, 2.75) is 97.4 Å². The summed E-state index contributed by atoms with van der Waals surface area (Å²) in [4.78, 5) is 0. The summed E-state index contributed by atoms with van der Waals surface area (Å²) in [5.74, 6) is 1.36. The Morgan fingerprint density at radius 1 is 0.792 bits per heavy atom. The number of hydrogen-bond donors (Lipinski definition) is 0. The predicted molar refractivity (Wildman–Crippen MR) is 95.8 cm³/mol. The van der Waals surface area contributed by atoms with E-state index in [1.807, 2.05) is 0 Å². The van der Waals surface area contributed by atoms with Crippen LogP contribution >= 0.6 is 0 Å². The van der Waals surface area contributed by atoms with Crippen LogP contribution in [0.1, 0.15) is 72.6 Å². The lowest BCUT2D eigenvalue weighted by Gasteiger charge is -2.27. The Hall–Kier alpha value is -0.160. The molecule has 4 heteroatoms. The van der Waals surface area contributed by atoms with Crippen molar-refractivity contribution in [3.8, 4) is 0 Å². The first-order valence-electron chi connectivity index (χ1n) is 9.94. The Labute approximate surface area is 148 Å². The van der Waals surface area contributed by atoms with Crippen LogP contribution in [0.15, 0.2) is 0 Å². The lowest BCUT2D eigenvalue weighted by Crippen LogP contribution is -2.30.